The number of ether oxygens (including phenoxy) is 1. The highest BCUT2D eigenvalue weighted by atomic mass is 35.5. The fraction of sp³-hybridized carbons (Fsp3) is 0.303. The number of amides is 2. The van der Waals surface area contributed by atoms with E-state index in [2.05, 4.69) is 15.3 Å². The summed E-state index contributed by atoms with van der Waals surface area (Å²) in [6.07, 6.45) is 3.05. The van der Waals surface area contributed by atoms with E-state index in [1.807, 2.05) is 11.0 Å². The maximum Gasteiger partial charge on any atom is 0.279 e. The number of anilines is 1. The van der Waals surface area contributed by atoms with E-state index >= 15 is 4.39 Å². The minimum absolute atomic E-state index is 0.00756. The number of pyridine rings is 1. The third-order valence-electron chi connectivity index (χ3n) is 8.66. The predicted molar refractivity (Wildman–Crippen MR) is 174 cm³/mol. The molecule has 13 heteroatoms. The van der Waals surface area contributed by atoms with Crippen molar-refractivity contribution in [3.63, 3.8) is 0 Å². The second kappa shape index (κ2) is 12.8. The molecule has 238 valence electrons. The average molecular weight is 666 g/mol. The molecule has 0 radical (unpaired) electrons. The van der Waals surface area contributed by atoms with Crippen LogP contribution < -0.4 is 15.6 Å². The number of carbonyl (C=O) groups excluding carboxylic acids is 2. The summed E-state index contributed by atoms with van der Waals surface area (Å²) in [4.78, 5) is 46.2. The Morgan fingerprint density at radius 3 is 2.50 bits per heavy atom. The van der Waals surface area contributed by atoms with Gasteiger partial charge in [0.15, 0.2) is 0 Å². The van der Waals surface area contributed by atoms with Gasteiger partial charge < -0.3 is 15.0 Å². The number of hydrogen-bond donors (Lipinski definition) is 1. The molecule has 2 aliphatic rings. The van der Waals surface area contributed by atoms with Crippen molar-refractivity contribution < 1.29 is 18.7 Å². The molecule has 10 nitrogen and oxygen atoms in total. The molecule has 3 heterocycles. The molecule has 0 spiro atoms. The fourth-order valence-corrected chi connectivity index (χ4v) is 6.90. The first kappa shape index (κ1) is 31.7. The number of fused-ring (bicyclic) bond motifs is 1. The number of piperazine rings is 1. The van der Waals surface area contributed by atoms with Crippen LogP contribution >= 0.6 is 23.2 Å². The normalized spacial score (nSPS) is 16.3. The number of nitrogens with one attached hydrogen (secondary N) is 1. The number of benzene rings is 2. The summed E-state index contributed by atoms with van der Waals surface area (Å²) >= 11 is 13.7. The van der Waals surface area contributed by atoms with Crippen LogP contribution in [0.2, 0.25) is 10.0 Å². The lowest BCUT2D eigenvalue weighted by atomic mass is 9.98. The predicted octanol–water partition coefficient (Wildman–Crippen LogP) is 5.37. The first-order valence-electron chi connectivity index (χ1n) is 14.8. The Balaban J connectivity index is 1.33. The molecule has 46 heavy (non-hydrogen) atoms. The van der Waals surface area contributed by atoms with Crippen molar-refractivity contribution in [3.05, 3.63) is 91.6 Å². The van der Waals surface area contributed by atoms with Gasteiger partial charge in [0.25, 0.3) is 11.5 Å². The van der Waals surface area contributed by atoms with E-state index in [-0.39, 0.29) is 38.8 Å². The molecule has 1 fully saturated rings. The Kier molecular flexibility index (Phi) is 8.82. The largest absolute Gasteiger partial charge is 0.481 e. The van der Waals surface area contributed by atoms with Crippen molar-refractivity contribution in [2.75, 3.05) is 38.6 Å². The first-order valence-corrected chi connectivity index (χ1v) is 15.5. The molecule has 2 amide bonds. The van der Waals surface area contributed by atoms with E-state index in [1.54, 1.807) is 32.2 Å². The van der Waals surface area contributed by atoms with Crippen molar-refractivity contribution in [1.29, 1.82) is 0 Å². The zero-order valence-electron chi connectivity index (χ0n) is 25.4. The second-order valence-corrected chi connectivity index (χ2v) is 12.0. The second-order valence-electron chi connectivity index (χ2n) is 11.3. The molecule has 0 bridgehead atoms. The van der Waals surface area contributed by atoms with Gasteiger partial charge in [-0.2, -0.15) is 5.10 Å². The van der Waals surface area contributed by atoms with E-state index in [9.17, 15) is 14.4 Å². The number of rotatable bonds is 6. The van der Waals surface area contributed by atoms with Crippen LogP contribution in [-0.2, 0) is 18.3 Å². The molecule has 0 saturated carbocycles. The molecule has 1 saturated heterocycles. The summed E-state index contributed by atoms with van der Waals surface area (Å²) in [7, 11) is 3.02. The quantitative estimate of drug-likeness (QED) is 0.295. The van der Waals surface area contributed by atoms with Gasteiger partial charge in [0, 0.05) is 74.6 Å². The first-order chi connectivity index (χ1) is 22.1. The Morgan fingerprint density at radius 2 is 1.78 bits per heavy atom. The highest BCUT2D eigenvalue weighted by Gasteiger charge is 2.35. The molecule has 1 aliphatic heterocycles. The van der Waals surface area contributed by atoms with Gasteiger partial charge >= 0.3 is 0 Å². The van der Waals surface area contributed by atoms with Crippen molar-refractivity contribution in [1.82, 2.24) is 24.6 Å². The number of halogens is 3. The van der Waals surface area contributed by atoms with Crippen LogP contribution in [0.25, 0.3) is 22.4 Å². The Labute approximate surface area is 274 Å². The van der Waals surface area contributed by atoms with E-state index < -0.39 is 17.3 Å². The Morgan fingerprint density at radius 1 is 1.04 bits per heavy atom. The van der Waals surface area contributed by atoms with Crippen molar-refractivity contribution in [3.8, 4) is 28.3 Å². The molecule has 6 rings (SSSR count). The van der Waals surface area contributed by atoms with Crippen LogP contribution in [0, 0.1) is 5.82 Å². The summed E-state index contributed by atoms with van der Waals surface area (Å²) in [5.41, 5.74) is 2.94. The molecule has 2 aromatic carbocycles. The molecule has 1 atom stereocenters. The summed E-state index contributed by atoms with van der Waals surface area (Å²) in [5.74, 6) is -0.768. The third-order valence-corrected chi connectivity index (χ3v) is 9.46. The summed E-state index contributed by atoms with van der Waals surface area (Å²) < 4.78 is 22.3. The van der Waals surface area contributed by atoms with Gasteiger partial charge in [-0.15, -0.1) is 0 Å². The van der Waals surface area contributed by atoms with Gasteiger partial charge in [0.05, 0.1) is 28.5 Å². The minimum atomic E-state index is -0.712. The molecule has 4 aromatic rings. The maximum absolute atomic E-state index is 15.4. The topological polar surface area (TPSA) is 110 Å². The van der Waals surface area contributed by atoms with Crippen molar-refractivity contribution >= 4 is 40.7 Å². The highest BCUT2D eigenvalue weighted by Crippen LogP contribution is 2.46. The summed E-state index contributed by atoms with van der Waals surface area (Å²) in [6.45, 7) is 4.51. The number of aryl methyl sites for hydroxylation is 2. The van der Waals surface area contributed by atoms with E-state index in [0.29, 0.717) is 35.8 Å². The van der Waals surface area contributed by atoms with E-state index in [0.717, 1.165) is 41.7 Å². The number of aromatic nitrogens is 3. The SMILES string of the molecule is COc1nc(-c2cccc(-c3c(F)ccc(NC(=O)c4ccnn(C)c4=O)c3Cl)c2Cl)cc2c1C(N1CCN(C(C)=O)CC1)CC2. The van der Waals surface area contributed by atoms with Crippen LogP contribution in [0.1, 0.15) is 40.9 Å². The Bertz CT molecular complexity index is 1930. The molecular weight excluding hydrogens is 634 g/mol. The fourth-order valence-electron chi connectivity index (χ4n) is 6.28. The molecule has 2 aromatic heterocycles. The zero-order chi connectivity index (χ0) is 32.7. The van der Waals surface area contributed by atoms with Crippen molar-refractivity contribution in [2.24, 2.45) is 7.05 Å². The molecule has 1 N–H and O–H groups in total. The van der Waals surface area contributed by atoms with Gasteiger partial charge in [-0.3, -0.25) is 19.3 Å². The van der Waals surface area contributed by atoms with Crippen LogP contribution in [0.3, 0.4) is 0 Å². The standard InChI is InChI=1S/C33H31Cl2FN6O4/c1-18(43)41-13-15-42(16-14-41)26-10-7-19-17-25(39-32(46-3)27(19)26)20-5-4-6-21(29(20)34)28-23(36)8-9-24(30(28)35)38-31(44)22-11-12-37-40(2)33(22)45/h4-6,8-9,11-12,17,26H,7,10,13-16H2,1-3H3,(H,38,44). The van der Waals surface area contributed by atoms with Crippen LogP contribution in [0.5, 0.6) is 5.88 Å². The third kappa shape index (κ3) is 5.74. The lowest BCUT2D eigenvalue weighted by Gasteiger charge is -2.38. The minimum Gasteiger partial charge on any atom is -0.481 e. The van der Waals surface area contributed by atoms with Crippen LogP contribution in [0.4, 0.5) is 10.1 Å². The number of hydrogen-bond acceptors (Lipinski definition) is 7. The average Bonchev–Trinajstić information content (AvgIpc) is 3.48. The smallest absolute Gasteiger partial charge is 0.279 e. The molecule has 1 aliphatic carbocycles. The van der Waals surface area contributed by atoms with Gasteiger partial charge in [-0.25, -0.2) is 14.1 Å². The maximum atomic E-state index is 15.4. The van der Waals surface area contributed by atoms with E-state index in [4.69, 9.17) is 32.9 Å². The van der Waals surface area contributed by atoms with Gasteiger partial charge in [0.1, 0.15) is 11.4 Å². The summed E-state index contributed by atoms with van der Waals surface area (Å²) in [5, 5.41) is 6.57. The molecule has 1 unspecified atom stereocenters. The van der Waals surface area contributed by atoms with Crippen LogP contribution in [0.15, 0.2) is 53.5 Å². The number of methoxy groups -OCH3 is 1. The number of nitrogens with zero attached hydrogens (tertiary/aromatic N) is 5. The van der Waals surface area contributed by atoms with Gasteiger partial charge in [0.2, 0.25) is 11.8 Å². The zero-order valence-corrected chi connectivity index (χ0v) is 27.0. The van der Waals surface area contributed by atoms with Crippen molar-refractivity contribution in [2.45, 2.75) is 25.8 Å². The van der Waals surface area contributed by atoms with Gasteiger partial charge in [-0.05, 0) is 42.7 Å². The molecular formula is C33H31Cl2FN6O4. The van der Waals surface area contributed by atoms with E-state index in [1.165, 1.54) is 31.4 Å². The summed E-state index contributed by atoms with van der Waals surface area (Å²) in [6, 6.07) is 11.1. The van der Waals surface area contributed by atoms with Crippen LogP contribution in [-0.4, -0.2) is 69.7 Å². The highest BCUT2D eigenvalue weighted by molar-refractivity contribution is 6.39. The Hall–Kier alpha value is -4.32. The lowest BCUT2D eigenvalue weighted by molar-refractivity contribution is -0.130. The number of carbonyl (C=O) groups is 2. The lowest BCUT2D eigenvalue weighted by Crippen LogP contribution is -2.48. The van der Waals surface area contributed by atoms with Gasteiger partial charge in [-0.1, -0.05) is 41.4 Å². The monoisotopic (exact) mass is 664 g/mol.